The third-order valence-corrected chi connectivity index (χ3v) is 5.36. The Balaban J connectivity index is 1.67. The first-order valence-electron chi connectivity index (χ1n) is 8.76. The lowest BCUT2D eigenvalue weighted by Gasteiger charge is -2.34. The van der Waals surface area contributed by atoms with Crippen LogP contribution in [-0.2, 0) is 4.79 Å². The Morgan fingerprint density at radius 2 is 1.85 bits per heavy atom. The fraction of sp³-hybridized carbons (Fsp3) is 0.421. The number of aliphatic carboxylic acids is 1. The number of likely N-dealkylation sites (tertiary alicyclic amines) is 1. The Morgan fingerprint density at radius 3 is 2.41 bits per heavy atom. The first kappa shape index (κ1) is 19.3. The highest BCUT2D eigenvalue weighted by molar-refractivity contribution is 7.13. The number of nitrogens with zero attached hydrogens (tertiary/aromatic N) is 2. The number of hydrogen-bond donors (Lipinski definition) is 2. The molecule has 1 amide bonds. The average Bonchev–Trinajstić information content (AvgIpc) is 3.12. The van der Waals surface area contributed by atoms with E-state index in [1.807, 2.05) is 38.1 Å². The minimum Gasteiger partial charge on any atom is -0.491 e. The van der Waals surface area contributed by atoms with Gasteiger partial charge in [-0.1, -0.05) is 0 Å². The zero-order valence-corrected chi connectivity index (χ0v) is 16.0. The Labute approximate surface area is 161 Å². The van der Waals surface area contributed by atoms with Crippen molar-refractivity contribution in [1.29, 1.82) is 0 Å². The van der Waals surface area contributed by atoms with Crippen molar-refractivity contribution >= 4 is 23.2 Å². The molecule has 7 nitrogen and oxygen atoms in total. The van der Waals surface area contributed by atoms with Crippen LogP contribution in [-0.4, -0.2) is 56.8 Å². The van der Waals surface area contributed by atoms with Gasteiger partial charge in [-0.05, 0) is 38.1 Å². The molecular weight excluding hydrogens is 368 g/mol. The van der Waals surface area contributed by atoms with Crippen LogP contribution < -0.4 is 4.74 Å². The van der Waals surface area contributed by atoms with Crippen molar-refractivity contribution < 1.29 is 24.5 Å². The minimum atomic E-state index is -1.75. The van der Waals surface area contributed by atoms with Crippen molar-refractivity contribution in [1.82, 2.24) is 9.88 Å². The van der Waals surface area contributed by atoms with E-state index in [1.165, 1.54) is 16.2 Å². The molecule has 1 aromatic heterocycles. The number of carbonyl (C=O) groups excluding carboxylic acids is 1. The van der Waals surface area contributed by atoms with Gasteiger partial charge >= 0.3 is 5.97 Å². The number of carbonyl (C=O) groups is 2. The fourth-order valence-corrected chi connectivity index (χ4v) is 3.71. The van der Waals surface area contributed by atoms with E-state index in [4.69, 9.17) is 9.84 Å². The molecule has 27 heavy (non-hydrogen) atoms. The van der Waals surface area contributed by atoms with Crippen molar-refractivity contribution in [3.8, 4) is 16.3 Å². The maximum atomic E-state index is 12.6. The number of thiazole rings is 1. The predicted molar refractivity (Wildman–Crippen MR) is 101 cm³/mol. The molecule has 0 atom stereocenters. The Kier molecular flexibility index (Phi) is 5.48. The number of piperidine rings is 1. The molecule has 1 saturated heterocycles. The zero-order chi connectivity index (χ0) is 19.6. The third-order valence-electron chi connectivity index (χ3n) is 4.47. The maximum Gasteiger partial charge on any atom is 0.335 e. The lowest BCUT2D eigenvalue weighted by molar-refractivity contribution is -0.162. The Morgan fingerprint density at radius 1 is 1.22 bits per heavy atom. The number of ether oxygens (including phenoxy) is 1. The monoisotopic (exact) mass is 390 g/mol. The number of rotatable bonds is 5. The first-order chi connectivity index (χ1) is 12.8. The smallest absolute Gasteiger partial charge is 0.335 e. The highest BCUT2D eigenvalue weighted by Crippen LogP contribution is 2.28. The van der Waals surface area contributed by atoms with Gasteiger partial charge in [-0.15, -0.1) is 11.3 Å². The van der Waals surface area contributed by atoms with Gasteiger partial charge in [0.2, 0.25) is 0 Å². The summed E-state index contributed by atoms with van der Waals surface area (Å²) in [6.07, 6.45) is 0.133. The molecule has 0 bridgehead atoms. The van der Waals surface area contributed by atoms with E-state index in [2.05, 4.69) is 4.98 Å². The molecule has 144 valence electrons. The van der Waals surface area contributed by atoms with Gasteiger partial charge in [0.15, 0.2) is 5.60 Å². The van der Waals surface area contributed by atoms with Gasteiger partial charge in [0.1, 0.15) is 16.5 Å². The van der Waals surface area contributed by atoms with Crippen LogP contribution in [0.1, 0.15) is 37.2 Å². The SMILES string of the molecule is CC(C)Oc1ccc(-c2nc(C(=O)N3CCC(O)(C(=O)O)CC3)cs2)cc1. The Hall–Kier alpha value is -2.45. The van der Waals surface area contributed by atoms with Crippen molar-refractivity contribution in [3.05, 3.63) is 35.3 Å². The summed E-state index contributed by atoms with van der Waals surface area (Å²) >= 11 is 1.38. The van der Waals surface area contributed by atoms with Crippen molar-refractivity contribution in [3.63, 3.8) is 0 Å². The first-order valence-corrected chi connectivity index (χ1v) is 9.64. The standard InChI is InChI=1S/C19H22N2O5S/c1-12(2)26-14-5-3-13(4-6-14)16-20-15(11-27-16)17(22)21-9-7-19(25,8-10-21)18(23)24/h3-6,11-12,25H,7-10H2,1-2H3,(H,23,24). The summed E-state index contributed by atoms with van der Waals surface area (Å²) in [5, 5.41) is 21.5. The summed E-state index contributed by atoms with van der Waals surface area (Å²) in [6, 6.07) is 7.54. The second kappa shape index (κ2) is 7.66. The van der Waals surface area contributed by atoms with Crippen LogP contribution in [0.3, 0.4) is 0 Å². The van der Waals surface area contributed by atoms with Crippen LogP contribution in [0.4, 0.5) is 0 Å². The van der Waals surface area contributed by atoms with E-state index in [0.717, 1.165) is 16.3 Å². The summed E-state index contributed by atoms with van der Waals surface area (Å²) in [5.74, 6) is -0.707. The van der Waals surface area contributed by atoms with E-state index < -0.39 is 11.6 Å². The molecule has 2 heterocycles. The molecule has 1 aliphatic rings. The predicted octanol–water partition coefficient (Wildman–Crippen LogP) is 2.65. The number of amides is 1. The van der Waals surface area contributed by atoms with Crippen LogP contribution in [0, 0.1) is 0 Å². The van der Waals surface area contributed by atoms with Crippen LogP contribution in [0.25, 0.3) is 10.6 Å². The van der Waals surface area contributed by atoms with E-state index in [9.17, 15) is 14.7 Å². The number of benzene rings is 1. The molecule has 2 aromatic rings. The van der Waals surface area contributed by atoms with E-state index in [1.54, 1.807) is 5.38 Å². The number of aromatic nitrogens is 1. The topological polar surface area (TPSA) is 100.0 Å². The highest BCUT2D eigenvalue weighted by Gasteiger charge is 2.40. The summed E-state index contributed by atoms with van der Waals surface area (Å²) in [6.45, 7) is 4.31. The summed E-state index contributed by atoms with van der Waals surface area (Å²) in [7, 11) is 0. The average molecular weight is 390 g/mol. The molecule has 1 aliphatic heterocycles. The van der Waals surface area contributed by atoms with Crippen LogP contribution in [0.5, 0.6) is 5.75 Å². The van der Waals surface area contributed by atoms with Crippen molar-refractivity contribution in [2.75, 3.05) is 13.1 Å². The maximum absolute atomic E-state index is 12.6. The fourth-order valence-electron chi connectivity index (χ4n) is 2.91. The van der Waals surface area contributed by atoms with Gasteiger partial charge in [-0.25, -0.2) is 9.78 Å². The molecule has 3 rings (SSSR count). The normalized spacial score (nSPS) is 16.4. The molecule has 0 aliphatic carbocycles. The summed E-state index contributed by atoms with van der Waals surface area (Å²) < 4.78 is 5.62. The summed E-state index contributed by atoms with van der Waals surface area (Å²) in [4.78, 5) is 29.7. The molecule has 1 fully saturated rings. The second-order valence-electron chi connectivity index (χ2n) is 6.86. The second-order valence-corrected chi connectivity index (χ2v) is 7.72. The van der Waals surface area contributed by atoms with Crippen LogP contribution in [0.15, 0.2) is 29.6 Å². The van der Waals surface area contributed by atoms with Crippen molar-refractivity contribution in [2.24, 2.45) is 0 Å². The highest BCUT2D eigenvalue weighted by atomic mass is 32.1. The zero-order valence-electron chi connectivity index (χ0n) is 15.2. The van der Waals surface area contributed by atoms with Crippen LogP contribution >= 0.6 is 11.3 Å². The minimum absolute atomic E-state index is 0.0163. The molecule has 8 heteroatoms. The van der Waals surface area contributed by atoms with Gasteiger partial charge in [-0.3, -0.25) is 4.79 Å². The number of carboxylic acids is 1. The van der Waals surface area contributed by atoms with E-state index in [0.29, 0.717) is 5.69 Å². The van der Waals surface area contributed by atoms with Crippen LogP contribution in [0.2, 0.25) is 0 Å². The van der Waals surface area contributed by atoms with Gasteiger partial charge < -0.3 is 19.8 Å². The largest absolute Gasteiger partial charge is 0.491 e. The molecule has 1 aromatic carbocycles. The number of aliphatic hydroxyl groups is 1. The van der Waals surface area contributed by atoms with Gasteiger partial charge in [0.25, 0.3) is 5.91 Å². The van der Waals surface area contributed by atoms with Gasteiger partial charge in [0.05, 0.1) is 6.10 Å². The molecule has 0 spiro atoms. The number of carboxylic acid groups (broad SMARTS) is 1. The quantitative estimate of drug-likeness (QED) is 0.814. The number of hydrogen-bond acceptors (Lipinski definition) is 6. The van der Waals surface area contributed by atoms with Crippen molar-refractivity contribution in [2.45, 2.75) is 38.4 Å². The molecular formula is C19H22N2O5S. The van der Waals surface area contributed by atoms with E-state index >= 15 is 0 Å². The van der Waals surface area contributed by atoms with E-state index in [-0.39, 0.29) is 37.9 Å². The lowest BCUT2D eigenvalue weighted by Crippen LogP contribution is -2.50. The molecule has 0 saturated carbocycles. The lowest BCUT2D eigenvalue weighted by atomic mass is 9.91. The third kappa shape index (κ3) is 4.28. The molecule has 2 N–H and O–H groups in total. The van der Waals surface area contributed by atoms with Gasteiger partial charge in [-0.2, -0.15) is 0 Å². The summed E-state index contributed by atoms with van der Waals surface area (Å²) in [5.41, 5.74) is -0.517. The molecule has 0 unspecified atom stereocenters. The Bertz CT molecular complexity index is 823. The molecule has 0 radical (unpaired) electrons. The van der Waals surface area contributed by atoms with Gasteiger partial charge in [0, 0.05) is 36.9 Å².